The first-order chi connectivity index (χ1) is 10.2. The first-order valence-corrected chi connectivity index (χ1v) is 7.86. The first kappa shape index (κ1) is 15.7. The number of hydrogen-bond acceptors (Lipinski definition) is 3. The lowest BCUT2D eigenvalue weighted by Crippen LogP contribution is -2.29. The van der Waals surface area contributed by atoms with E-state index in [4.69, 9.17) is 0 Å². The molecule has 2 rings (SSSR count). The highest BCUT2D eigenvalue weighted by Gasteiger charge is 2.15. The van der Waals surface area contributed by atoms with Gasteiger partial charge < -0.3 is 5.32 Å². The van der Waals surface area contributed by atoms with Crippen LogP contribution in [-0.2, 0) is 13.0 Å². The average Bonchev–Trinajstić information content (AvgIpc) is 2.92. The van der Waals surface area contributed by atoms with Gasteiger partial charge in [-0.2, -0.15) is 0 Å². The summed E-state index contributed by atoms with van der Waals surface area (Å²) in [4.78, 5) is 0. The van der Waals surface area contributed by atoms with E-state index >= 15 is 0 Å². The molecule has 2 aromatic rings. The van der Waals surface area contributed by atoms with Gasteiger partial charge in [0.15, 0.2) is 0 Å². The number of rotatable bonds is 8. The van der Waals surface area contributed by atoms with Crippen LogP contribution in [0, 0.1) is 0 Å². The molecule has 1 aromatic carbocycles. The van der Waals surface area contributed by atoms with Gasteiger partial charge in [0.2, 0.25) is 0 Å². The van der Waals surface area contributed by atoms with Crippen molar-refractivity contribution in [3.05, 3.63) is 47.8 Å². The minimum atomic E-state index is 0.447. The summed E-state index contributed by atoms with van der Waals surface area (Å²) in [5, 5.41) is 11.8. The monoisotopic (exact) mass is 286 g/mol. The SMILES string of the molecule is CCCn1nncc1CC(CNC(C)C)c1ccccc1. The zero-order valence-corrected chi connectivity index (χ0v) is 13.3. The van der Waals surface area contributed by atoms with E-state index in [-0.39, 0.29) is 0 Å². The van der Waals surface area contributed by atoms with Crippen molar-refractivity contribution in [1.29, 1.82) is 0 Å². The summed E-state index contributed by atoms with van der Waals surface area (Å²) in [5.74, 6) is 0.447. The fraction of sp³-hybridized carbons (Fsp3) is 0.529. The largest absolute Gasteiger partial charge is 0.314 e. The molecule has 4 heteroatoms. The quantitative estimate of drug-likeness (QED) is 0.811. The molecule has 114 valence electrons. The van der Waals surface area contributed by atoms with Crippen LogP contribution in [0.3, 0.4) is 0 Å². The third-order valence-corrected chi connectivity index (χ3v) is 3.63. The van der Waals surface area contributed by atoms with Crippen LogP contribution in [0.1, 0.15) is 44.4 Å². The number of nitrogens with zero attached hydrogens (tertiary/aromatic N) is 3. The van der Waals surface area contributed by atoms with Crippen LogP contribution in [0.25, 0.3) is 0 Å². The van der Waals surface area contributed by atoms with E-state index in [0.29, 0.717) is 12.0 Å². The van der Waals surface area contributed by atoms with Gasteiger partial charge in [0.05, 0.1) is 11.9 Å². The lowest BCUT2D eigenvalue weighted by atomic mass is 9.94. The third kappa shape index (κ3) is 4.67. The summed E-state index contributed by atoms with van der Waals surface area (Å²) >= 11 is 0. The van der Waals surface area contributed by atoms with E-state index in [9.17, 15) is 0 Å². The first-order valence-electron chi connectivity index (χ1n) is 7.86. The summed E-state index contributed by atoms with van der Waals surface area (Å²) in [6, 6.07) is 11.2. The molecule has 1 N–H and O–H groups in total. The highest BCUT2D eigenvalue weighted by molar-refractivity contribution is 5.21. The van der Waals surface area contributed by atoms with Gasteiger partial charge in [-0.05, 0) is 18.4 Å². The highest BCUT2D eigenvalue weighted by atomic mass is 15.4. The summed E-state index contributed by atoms with van der Waals surface area (Å²) in [7, 11) is 0. The van der Waals surface area contributed by atoms with Crippen LogP contribution in [0.15, 0.2) is 36.5 Å². The number of aromatic nitrogens is 3. The van der Waals surface area contributed by atoms with E-state index < -0.39 is 0 Å². The van der Waals surface area contributed by atoms with Crippen molar-refractivity contribution in [3.63, 3.8) is 0 Å². The predicted molar refractivity (Wildman–Crippen MR) is 86.3 cm³/mol. The Morgan fingerprint density at radius 2 is 1.95 bits per heavy atom. The molecule has 0 amide bonds. The van der Waals surface area contributed by atoms with Crippen molar-refractivity contribution < 1.29 is 0 Å². The number of nitrogens with one attached hydrogen (secondary N) is 1. The minimum absolute atomic E-state index is 0.447. The maximum absolute atomic E-state index is 4.19. The lowest BCUT2D eigenvalue weighted by Gasteiger charge is -2.20. The third-order valence-electron chi connectivity index (χ3n) is 3.63. The Labute approximate surface area is 127 Å². The molecule has 1 aromatic heterocycles. The maximum atomic E-state index is 4.19. The van der Waals surface area contributed by atoms with Crippen molar-refractivity contribution in [2.24, 2.45) is 0 Å². The second-order valence-electron chi connectivity index (χ2n) is 5.82. The Bertz CT molecular complexity index is 519. The summed E-state index contributed by atoms with van der Waals surface area (Å²) < 4.78 is 2.03. The minimum Gasteiger partial charge on any atom is -0.314 e. The molecule has 21 heavy (non-hydrogen) atoms. The van der Waals surface area contributed by atoms with Gasteiger partial charge >= 0.3 is 0 Å². The van der Waals surface area contributed by atoms with E-state index in [1.165, 1.54) is 11.3 Å². The van der Waals surface area contributed by atoms with Crippen LogP contribution in [0.2, 0.25) is 0 Å². The molecule has 1 unspecified atom stereocenters. The molecule has 1 heterocycles. The molecule has 0 aliphatic heterocycles. The molecular weight excluding hydrogens is 260 g/mol. The van der Waals surface area contributed by atoms with E-state index in [0.717, 1.165) is 25.9 Å². The van der Waals surface area contributed by atoms with Gasteiger partial charge in [-0.3, -0.25) is 0 Å². The van der Waals surface area contributed by atoms with Crippen LogP contribution < -0.4 is 5.32 Å². The molecular formula is C17H26N4. The topological polar surface area (TPSA) is 42.7 Å². The van der Waals surface area contributed by atoms with Crippen molar-refractivity contribution in [2.45, 2.75) is 52.1 Å². The Balaban J connectivity index is 2.13. The molecule has 0 aliphatic carbocycles. The molecule has 0 saturated heterocycles. The highest BCUT2D eigenvalue weighted by Crippen LogP contribution is 2.20. The number of benzene rings is 1. The predicted octanol–water partition coefficient (Wildman–Crippen LogP) is 3.01. The second-order valence-corrected chi connectivity index (χ2v) is 5.82. The summed E-state index contributed by atoms with van der Waals surface area (Å²) in [6.45, 7) is 8.45. The van der Waals surface area contributed by atoms with Gasteiger partial charge in [-0.15, -0.1) is 5.10 Å². The Hall–Kier alpha value is -1.68. The Morgan fingerprint density at radius 1 is 1.19 bits per heavy atom. The van der Waals surface area contributed by atoms with Crippen molar-refractivity contribution >= 4 is 0 Å². The van der Waals surface area contributed by atoms with Gasteiger partial charge in [0.1, 0.15) is 0 Å². The molecule has 0 bridgehead atoms. The molecule has 0 spiro atoms. The smallest absolute Gasteiger partial charge is 0.0725 e. The van der Waals surface area contributed by atoms with Gasteiger partial charge in [-0.25, -0.2) is 4.68 Å². The van der Waals surface area contributed by atoms with Gasteiger partial charge in [-0.1, -0.05) is 56.3 Å². The van der Waals surface area contributed by atoms with Crippen LogP contribution in [0.4, 0.5) is 0 Å². The standard InChI is InChI=1S/C17H26N4/c1-4-10-21-17(13-19-20-21)11-16(12-18-14(2)3)15-8-6-5-7-9-15/h5-9,13-14,16,18H,4,10-12H2,1-3H3. The number of hydrogen-bond donors (Lipinski definition) is 1. The van der Waals surface area contributed by atoms with Crippen molar-refractivity contribution in [2.75, 3.05) is 6.54 Å². The fourth-order valence-corrected chi connectivity index (χ4v) is 2.50. The maximum Gasteiger partial charge on any atom is 0.0725 e. The van der Waals surface area contributed by atoms with E-state index in [1.54, 1.807) is 0 Å². The number of aryl methyl sites for hydroxylation is 1. The average molecular weight is 286 g/mol. The Morgan fingerprint density at radius 3 is 2.62 bits per heavy atom. The van der Waals surface area contributed by atoms with Crippen LogP contribution in [-0.4, -0.2) is 27.6 Å². The zero-order chi connectivity index (χ0) is 15.1. The molecule has 0 radical (unpaired) electrons. The molecule has 0 saturated carbocycles. The summed E-state index contributed by atoms with van der Waals surface area (Å²) in [5.41, 5.74) is 2.59. The fourth-order valence-electron chi connectivity index (χ4n) is 2.50. The van der Waals surface area contributed by atoms with Gasteiger partial charge in [0.25, 0.3) is 0 Å². The Kier molecular flexibility index (Phi) is 5.93. The molecule has 0 fully saturated rings. The molecule has 4 nitrogen and oxygen atoms in total. The molecule has 1 atom stereocenters. The van der Waals surface area contributed by atoms with Crippen LogP contribution >= 0.6 is 0 Å². The van der Waals surface area contributed by atoms with Crippen molar-refractivity contribution in [1.82, 2.24) is 20.3 Å². The zero-order valence-electron chi connectivity index (χ0n) is 13.3. The second kappa shape index (κ2) is 7.93. The van der Waals surface area contributed by atoms with E-state index in [2.05, 4.69) is 66.7 Å². The van der Waals surface area contributed by atoms with Crippen LogP contribution in [0.5, 0.6) is 0 Å². The summed E-state index contributed by atoms with van der Waals surface area (Å²) in [6.07, 6.45) is 3.95. The van der Waals surface area contributed by atoms with Crippen molar-refractivity contribution in [3.8, 4) is 0 Å². The molecule has 0 aliphatic rings. The normalized spacial score (nSPS) is 12.8. The van der Waals surface area contributed by atoms with E-state index in [1.807, 2.05) is 10.9 Å². The van der Waals surface area contributed by atoms with Gasteiger partial charge in [0, 0.05) is 25.0 Å². The lowest BCUT2D eigenvalue weighted by molar-refractivity contribution is 0.499.